The summed E-state index contributed by atoms with van der Waals surface area (Å²) in [5, 5.41) is 2.80. The lowest BCUT2D eigenvalue weighted by atomic mass is 10.1. The minimum absolute atomic E-state index is 0.120. The molecule has 0 aliphatic carbocycles. The predicted molar refractivity (Wildman–Crippen MR) is 90.3 cm³/mol. The molecule has 1 aliphatic rings. The van der Waals surface area contributed by atoms with Crippen LogP contribution < -0.4 is 20.5 Å². The Morgan fingerprint density at radius 1 is 1.46 bits per heavy atom. The molecule has 1 unspecified atom stereocenters. The van der Waals surface area contributed by atoms with Gasteiger partial charge in [0.15, 0.2) is 11.5 Å². The van der Waals surface area contributed by atoms with Crippen LogP contribution in [0.25, 0.3) is 0 Å². The largest absolute Gasteiger partial charge is 0.493 e. The monoisotopic (exact) mass is 335 g/mol. The first kappa shape index (κ1) is 18.1. The van der Waals surface area contributed by atoms with Gasteiger partial charge < -0.3 is 25.4 Å². The number of para-hydroxylation sites is 1. The van der Waals surface area contributed by atoms with Crippen molar-refractivity contribution >= 4 is 11.8 Å². The number of carbonyl (C=O) groups is 2. The van der Waals surface area contributed by atoms with Crippen molar-refractivity contribution in [3.05, 3.63) is 23.8 Å². The molecule has 7 nitrogen and oxygen atoms in total. The quantitative estimate of drug-likeness (QED) is 0.718. The van der Waals surface area contributed by atoms with E-state index in [9.17, 15) is 9.59 Å². The average molecular weight is 335 g/mol. The van der Waals surface area contributed by atoms with Crippen LogP contribution in [-0.4, -0.2) is 56.1 Å². The van der Waals surface area contributed by atoms with E-state index in [0.29, 0.717) is 56.1 Å². The molecule has 1 atom stereocenters. The van der Waals surface area contributed by atoms with Gasteiger partial charge in [-0.05, 0) is 31.5 Å². The molecule has 2 rings (SSSR count). The molecule has 24 heavy (non-hydrogen) atoms. The maximum atomic E-state index is 13.0. The van der Waals surface area contributed by atoms with Crippen LogP contribution in [-0.2, 0) is 4.79 Å². The van der Waals surface area contributed by atoms with Crippen molar-refractivity contribution in [2.75, 3.05) is 33.4 Å². The fourth-order valence-electron chi connectivity index (χ4n) is 2.77. The van der Waals surface area contributed by atoms with E-state index in [4.69, 9.17) is 15.2 Å². The van der Waals surface area contributed by atoms with Crippen LogP contribution in [0.15, 0.2) is 18.2 Å². The van der Waals surface area contributed by atoms with Crippen molar-refractivity contribution in [3.8, 4) is 11.5 Å². The summed E-state index contributed by atoms with van der Waals surface area (Å²) in [6, 6.07) is 4.72. The SMILES string of the molecule is CCC1C(=O)NCCN1C(=O)c1cccc(OC)c1OCCCN. The maximum Gasteiger partial charge on any atom is 0.258 e. The number of carbonyl (C=O) groups excluding carboxylic acids is 2. The van der Waals surface area contributed by atoms with Crippen molar-refractivity contribution < 1.29 is 19.1 Å². The van der Waals surface area contributed by atoms with E-state index in [2.05, 4.69) is 5.32 Å². The van der Waals surface area contributed by atoms with E-state index in [-0.39, 0.29) is 11.8 Å². The van der Waals surface area contributed by atoms with Gasteiger partial charge in [-0.15, -0.1) is 0 Å². The standard InChI is InChI=1S/C17H25N3O4/c1-3-13-16(21)19-9-10-20(13)17(22)12-6-4-7-14(23-2)15(12)24-11-5-8-18/h4,6-7,13H,3,5,8-11,18H2,1-2H3,(H,19,21). The average Bonchev–Trinajstić information content (AvgIpc) is 2.61. The number of nitrogens with zero attached hydrogens (tertiary/aromatic N) is 1. The van der Waals surface area contributed by atoms with Gasteiger partial charge in [-0.2, -0.15) is 0 Å². The fraction of sp³-hybridized carbons (Fsp3) is 0.529. The Labute approximate surface area is 142 Å². The van der Waals surface area contributed by atoms with E-state index in [1.807, 2.05) is 6.92 Å². The Morgan fingerprint density at radius 2 is 2.25 bits per heavy atom. The minimum atomic E-state index is -0.464. The first-order chi connectivity index (χ1) is 11.6. The normalized spacial score (nSPS) is 17.4. The van der Waals surface area contributed by atoms with Gasteiger partial charge >= 0.3 is 0 Å². The Bertz CT molecular complexity index is 591. The first-order valence-electron chi connectivity index (χ1n) is 8.22. The first-order valence-corrected chi connectivity index (χ1v) is 8.22. The van der Waals surface area contributed by atoms with Gasteiger partial charge in [-0.3, -0.25) is 9.59 Å². The summed E-state index contributed by atoms with van der Waals surface area (Å²) in [4.78, 5) is 26.6. The van der Waals surface area contributed by atoms with Gasteiger partial charge in [0.05, 0.1) is 19.3 Å². The van der Waals surface area contributed by atoms with Crippen LogP contribution >= 0.6 is 0 Å². The number of rotatable bonds is 7. The summed E-state index contributed by atoms with van der Waals surface area (Å²) in [5.74, 6) is 0.551. The molecule has 1 aliphatic heterocycles. The molecule has 1 heterocycles. The van der Waals surface area contributed by atoms with Crippen molar-refractivity contribution in [2.45, 2.75) is 25.8 Å². The van der Waals surface area contributed by atoms with E-state index in [1.165, 1.54) is 7.11 Å². The summed E-state index contributed by atoms with van der Waals surface area (Å²) in [6.07, 6.45) is 1.24. The van der Waals surface area contributed by atoms with Crippen molar-refractivity contribution in [2.24, 2.45) is 5.73 Å². The number of benzene rings is 1. The zero-order chi connectivity index (χ0) is 17.5. The topological polar surface area (TPSA) is 93.9 Å². The lowest BCUT2D eigenvalue weighted by molar-refractivity contribution is -0.127. The van der Waals surface area contributed by atoms with Crippen molar-refractivity contribution in [3.63, 3.8) is 0 Å². The number of nitrogens with one attached hydrogen (secondary N) is 1. The van der Waals surface area contributed by atoms with Crippen molar-refractivity contribution in [1.29, 1.82) is 0 Å². The van der Waals surface area contributed by atoms with Crippen LogP contribution in [0.2, 0.25) is 0 Å². The van der Waals surface area contributed by atoms with Gasteiger partial charge in [0.2, 0.25) is 5.91 Å². The highest BCUT2D eigenvalue weighted by Gasteiger charge is 2.33. The number of hydrogen-bond acceptors (Lipinski definition) is 5. The van der Waals surface area contributed by atoms with E-state index in [0.717, 1.165) is 0 Å². The highest BCUT2D eigenvalue weighted by Crippen LogP contribution is 2.32. The van der Waals surface area contributed by atoms with Gasteiger partial charge in [-0.25, -0.2) is 0 Å². The lowest BCUT2D eigenvalue weighted by Crippen LogP contribution is -2.56. The molecule has 132 valence electrons. The molecule has 3 N–H and O–H groups in total. The number of nitrogens with two attached hydrogens (primary N) is 1. The van der Waals surface area contributed by atoms with E-state index in [1.54, 1.807) is 23.1 Å². The summed E-state index contributed by atoms with van der Waals surface area (Å²) < 4.78 is 11.1. The molecular formula is C17H25N3O4. The zero-order valence-electron chi connectivity index (χ0n) is 14.2. The van der Waals surface area contributed by atoms with Gasteiger partial charge in [0, 0.05) is 13.1 Å². The molecule has 0 bridgehead atoms. The molecule has 1 aromatic carbocycles. The van der Waals surface area contributed by atoms with E-state index < -0.39 is 6.04 Å². The predicted octanol–water partition coefficient (Wildman–Crippen LogP) is 0.773. The summed E-state index contributed by atoms with van der Waals surface area (Å²) in [7, 11) is 1.53. The maximum absolute atomic E-state index is 13.0. The minimum Gasteiger partial charge on any atom is -0.493 e. The molecule has 0 aromatic heterocycles. The number of piperazine rings is 1. The molecule has 7 heteroatoms. The zero-order valence-corrected chi connectivity index (χ0v) is 14.2. The van der Waals surface area contributed by atoms with Crippen molar-refractivity contribution in [1.82, 2.24) is 10.2 Å². The molecule has 1 fully saturated rings. The summed E-state index contributed by atoms with van der Waals surface area (Å²) >= 11 is 0. The highest BCUT2D eigenvalue weighted by molar-refractivity contribution is 6.00. The van der Waals surface area contributed by atoms with Crippen LogP contribution in [0, 0.1) is 0 Å². The molecule has 1 aromatic rings. The highest BCUT2D eigenvalue weighted by atomic mass is 16.5. The van der Waals surface area contributed by atoms with Gasteiger partial charge in [0.25, 0.3) is 5.91 Å². The second-order valence-corrected chi connectivity index (χ2v) is 5.54. The number of amides is 2. The lowest BCUT2D eigenvalue weighted by Gasteiger charge is -2.34. The summed E-state index contributed by atoms with van der Waals surface area (Å²) in [5.41, 5.74) is 5.90. The Balaban J connectivity index is 2.31. The second-order valence-electron chi connectivity index (χ2n) is 5.54. The fourth-order valence-corrected chi connectivity index (χ4v) is 2.77. The van der Waals surface area contributed by atoms with Crippen LogP contribution in [0.1, 0.15) is 30.1 Å². The third-order valence-electron chi connectivity index (χ3n) is 4.00. The Hall–Kier alpha value is -2.28. The van der Waals surface area contributed by atoms with Crippen LogP contribution in [0.4, 0.5) is 0 Å². The second kappa shape index (κ2) is 8.54. The Kier molecular flexibility index (Phi) is 6.43. The van der Waals surface area contributed by atoms with Gasteiger partial charge in [-0.1, -0.05) is 13.0 Å². The van der Waals surface area contributed by atoms with Crippen LogP contribution in [0.5, 0.6) is 11.5 Å². The smallest absolute Gasteiger partial charge is 0.258 e. The molecule has 2 amide bonds. The Morgan fingerprint density at radius 3 is 2.92 bits per heavy atom. The molecule has 0 radical (unpaired) electrons. The van der Waals surface area contributed by atoms with E-state index >= 15 is 0 Å². The van der Waals surface area contributed by atoms with Gasteiger partial charge in [0.1, 0.15) is 6.04 Å². The molecular weight excluding hydrogens is 310 g/mol. The number of ether oxygens (including phenoxy) is 2. The van der Waals surface area contributed by atoms with Crippen LogP contribution in [0.3, 0.4) is 0 Å². The summed E-state index contributed by atoms with van der Waals surface area (Å²) in [6.45, 7) is 3.72. The molecule has 1 saturated heterocycles. The molecule has 0 saturated carbocycles. The third kappa shape index (κ3) is 3.79. The number of methoxy groups -OCH3 is 1. The third-order valence-corrected chi connectivity index (χ3v) is 4.00. The number of hydrogen-bond donors (Lipinski definition) is 2. The molecule has 0 spiro atoms.